The summed E-state index contributed by atoms with van der Waals surface area (Å²) in [5, 5.41) is 26.1. The molecule has 0 aliphatic heterocycles. The summed E-state index contributed by atoms with van der Waals surface area (Å²) in [4.78, 5) is 27.7. The first-order valence-corrected chi connectivity index (χ1v) is 26.0. The van der Waals surface area contributed by atoms with Crippen molar-refractivity contribution in [2.75, 3.05) is 38.1 Å². The molecule has 0 aliphatic rings. The van der Waals surface area contributed by atoms with Crippen molar-refractivity contribution in [2.45, 2.75) is 116 Å². The van der Waals surface area contributed by atoms with E-state index in [0.29, 0.717) is 55.9 Å². The molecule has 69 heavy (non-hydrogen) atoms. The quantitative estimate of drug-likeness (QED) is 0.0209. The van der Waals surface area contributed by atoms with Crippen molar-refractivity contribution < 1.29 is 19.4 Å². The highest BCUT2D eigenvalue weighted by molar-refractivity contribution is 9.09. The number of nitrogens with zero attached hydrogens (tertiary/aromatic N) is 4. The van der Waals surface area contributed by atoms with E-state index in [2.05, 4.69) is 66.5 Å². The summed E-state index contributed by atoms with van der Waals surface area (Å²) in [5.74, 6) is 1.82. The number of alkyl halides is 1. The standard InChI is InChI=1S/C30H38N2O2.C17H30BrNO.C13H9NO/c1-3-22-32(23-4-2)30(33)13-11-9-7-5-6-8-10-12-24-34-29-20-18-28(19-21-29)27-16-14-26(25-31)15-17-27;1-3-15-19(16-4-2)17(20)13-11-9-7-5-6-8-10-12-14-18;14-9-10-1-3-11(4-2-10)12-5-7-13(15)8-6-12/h3-4,14-21H,1-2,5-13,22-24H2;3-4H,1-2,5-16H2;1-8,15H/p+1. The fourth-order valence-electron chi connectivity index (χ4n) is 7.44. The fourth-order valence-corrected chi connectivity index (χ4v) is 7.83. The van der Waals surface area contributed by atoms with Crippen LogP contribution in [0.3, 0.4) is 0 Å². The van der Waals surface area contributed by atoms with E-state index in [1.54, 1.807) is 58.4 Å². The van der Waals surface area contributed by atoms with Crippen molar-refractivity contribution in [2.24, 2.45) is 0 Å². The van der Waals surface area contributed by atoms with Gasteiger partial charge >= 0.3 is 0 Å². The minimum atomic E-state index is 0.198. The second-order valence-electron chi connectivity index (χ2n) is 16.9. The highest BCUT2D eigenvalue weighted by Crippen LogP contribution is 2.24. The smallest absolute Gasteiger partial charge is 0.253 e. The van der Waals surface area contributed by atoms with Gasteiger partial charge in [0, 0.05) is 56.5 Å². The van der Waals surface area contributed by atoms with Crippen LogP contribution in [-0.2, 0) is 9.59 Å². The monoisotopic (exact) mass is 998 g/mol. The van der Waals surface area contributed by atoms with Crippen LogP contribution in [0.25, 0.3) is 22.3 Å². The second-order valence-corrected chi connectivity index (χ2v) is 17.7. The lowest BCUT2D eigenvalue weighted by Crippen LogP contribution is -2.30. The van der Waals surface area contributed by atoms with Gasteiger partial charge in [0.25, 0.3) is 5.75 Å². The summed E-state index contributed by atoms with van der Waals surface area (Å²) in [5.41, 5.74) is 5.68. The van der Waals surface area contributed by atoms with Gasteiger partial charge in [-0.05, 0) is 96.5 Å². The molecule has 0 saturated carbocycles. The Bertz CT molecular complexity index is 2100. The number of hydrogen-bond donors (Lipinski definition) is 0. The maximum Gasteiger partial charge on any atom is 0.253 e. The van der Waals surface area contributed by atoms with Gasteiger partial charge in [0.15, 0.2) is 0 Å². The minimum absolute atomic E-state index is 0.198. The zero-order valence-corrected chi connectivity index (χ0v) is 42.8. The molecule has 0 unspecified atom stereocenters. The molecule has 2 amide bonds. The Balaban J connectivity index is 0.000000393. The third kappa shape index (κ3) is 26.8. The van der Waals surface area contributed by atoms with Crippen molar-refractivity contribution in [3.63, 3.8) is 0 Å². The number of amides is 2. The highest BCUT2D eigenvalue weighted by Gasteiger charge is 2.11. The molecule has 4 aromatic carbocycles. The first-order chi connectivity index (χ1) is 33.7. The van der Waals surface area contributed by atoms with Gasteiger partial charge in [-0.2, -0.15) is 10.5 Å². The van der Waals surface area contributed by atoms with Crippen LogP contribution in [0, 0.1) is 22.7 Å². The third-order valence-corrected chi connectivity index (χ3v) is 11.9. The van der Waals surface area contributed by atoms with Crippen molar-refractivity contribution in [1.82, 2.24) is 9.80 Å². The summed E-state index contributed by atoms with van der Waals surface area (Å²) < 4.78 is 5.88. The lowest BCUT2D eigenvalue weighted by Gasteiger charge is -2.19. The zero-order chi connectivity index (χ0) is 50.2. The predicted molar refractivity (Wildman–Crippen MR) is 293 cm³/mol. The van der Waals surface area contributed by atoms with Crippen LogP contribution in [-0.4, -0.2) is 64.8 Å². The first kappa shape index (κ1) is 59.0. The molecule has 368 valence electrons. The molecule has 0 radical (unpaired) electrons. The number of benzene rings is 4. The SMILES string of the molecule is C=CCN(CC=C)C(=O)CCCCCCCCCCBr.C=CCN(CC=C)C(=O)CCCCCCCCCCOc1ccc(-c2ccc(C#N)cc2)cc1.N#Cc1ccc(-c2ccc([OH2+])cc2)cc1. The van der Waals surface area contributed by atoms with Crippen molar-refractivity contribution >= 4 is 27.7 Å². The Hall–Kier alpha value is -6.16. The molecule has 0 heterocycles. The van der Waals surface area contributed by atoms with Crippen LogP contribution >= 0.6 is 15.9 Å². The number of ether oxygens (including phenoxy) is 1. The average molecular weight is 999 g/mol. The Morgan fingerprint density at radius 2 is 0.783 bits per heavy atom. The molecule has 0 aromatic heterocycles. The molecule has 4 rings (SSSR count). The topological polar surface area (TPSA) is 120 Å². The highest BCUT2D eigenvalue weighted by atomic mass is 79.9. The van der Waals surface area contributed by atoms with Crippen LogP contribution in [0.5, 0.6) is 11.5 Å². The number of halogens is 1. The number of hydrogen-bond acceptors (Lipinski definition) is 5. The van der Waals surface area contributed by atoms with Gasteiger partial charge in [0.05, 0.1) is 29.9 Å². The van der Waals surface area contributed by atoms with Crippen LogP contribution in [0.4, 0.5) is 0 Å². The van der Waals surface area contributed by atoms with E-state index in [-0.39, 0.29) is 11.8 Å². The van der Waals surface area contributed by atoms with Gasteiger partial charge in [-0.1, -0.05) is 154 Å². The van der Waals surface area contributed by atoms with Gasteiger partial charge in [-0.15, -0.1) is 26.3 Å². The Kier molecular flexibility index (Phi) is 33.1. The molecule has 8 nitrogen and oxygen atoms in total. The normalized spacial score (nSPS) is 10.1. The summed E-state index contributed by atoms with van der Waals surface area (Å²) in [6.45, 7) is 18.0. The summed E-state index contributed by atoms with van der Waals surface area (Å²) >= 11 is 3.45. The summed E-state index contributed by atoms with van der Waals surface area (Å²) in [7, 11) is 0. The van der Waals surface area contributed by atoms with Gasteiger partial charge in [-0.25, -0.2) is 0 Å². The van der Waals surface area contributed by atoms with Crippen LogP contribution in [0.15, 0.2) is 148 Å². The maximum absolute atomic E-state index is 12.2. The number of unbranched alkanes of at least 4 members (excludes halogenated alkanes) is 14. The molecule has 0 bridgehead atoms. The average Bonchev–Trinajstić information content (AvgIpc) is 3.38. The lowest BCUT2D eigenvalue weighted by molar-refractivity contribution is -0.131. The number of carbonyl (C=O) groups excluding carboxylic acids is 2. The fraction of sp³-hybridized carbons (Fsp3) is 0.400. The molecule has 0 fully saturated rings. The second kappa shape index (κ2) is 38.8. The molecular formula is C60H78BrN4O4+. The molecule has 0 saturated heterocycles. The lowest BCUT2D eigenvalue weighted by atomic mass is 10.0. The number of rotatable bonds is 32. The summed E-state index contributed by atoms with van der Waals surface area (Å²) in [6, 6.07) is 34.7. The molecule has 9 heteroatoms. The Labute approximate surface area is 423 Å². The van der Waals surface area contributed by atoms with Crippen molar-refractivity contribution in [1.29, 1.82) is 10.5 Å². The first-order valence-electron chi connectivity index (χ1n) is 24.8. The summed E-state index contributed by atoms with van der Waals surface area (Å²) in [6.07, 6.45) is 27.6. The third-order valence-electron chi connectivity index (χ3n) is 11.4. The number of nitriles is 2. The van der Waals surface area contributed by atoms with Crippen LogP contribution in [0.2, 0.25) is 0 Å². The molecule has 0 atom stereocenters. The maximum atomic E-state index is 12.2. The van der Waals surface area contributed by atoms with E-state index in [0.717, 1.165) is 65.6 Å². The molecule has 2 N–H and O–H groups in total. The van der Waals surface area contributed by atoms with E-state index in [4.69, 9.17) is 20.4 Å². The van der Waals surface area contributed by atoms with Crippen molar-refractivity contribution in [3.05, 3.63) is 159 Å². The van der Waals surface area contributed by atoms with E-state index >= 15 is 0 Å². The van der Waals surface area contributed by atoms with E-state index in [9.17, 15) is 9.59 Å². The zero-order valence-electron chi connectivity index (χ0n) is 41.2. The predicted octanol–water partition coefficient (Wildman–Crippen LogP) is 15.1. The molecule has 4 aromatic rings. The van der Waals surface area contributed by atoms with Gasteiger partial charge in [0.1, 0.15) is 5.75 Å². The van der Waals surface area contributed by atoms with Gasteiger partial charge < -0.3 is 19.6 Å². The largest absolute Gasteiger partial charge is 0.593 e. The van der Waals surface area contributed by atoms with Crippen molar-refractivity contribution in [3.8, 4) is 45.9 Å². The van der Waals surface area contributed by atoms with E-state index in [1.807, 2.05) is 60.7 Å². The van der Waals surface area contributed by atoms with E-state index < -0.39 is 0 Å². The molecular weight excluding hydrogens is 921 g/mol. The van der Waals surface area contributed by atoms with Gasteiger partial charge in [0.2, 0.25) is 11.8 Å². The van der Waals surface area contributed by atoms with E-state index in [1.165, 1.54) is 77.0 Å². The Morgan fingerprint density at radius 1 is 0.478 bits per heavy atom. The minimum Gasteiger partial charge on any atom is -0.593 e. The van der Waals surface area contributed by atoms with Crippen LogP contribution < -0.4 is 4.74 Å². The Morgan fingerprint density at radius 3 is 1.12 bits per heavy atom. The van der Waals surface area contributed by atoms with Crippen LogP contribution in [0.1, 0.15) is 127 Å². The molecule has 0 spiro atoms. The van der Waals surface area contributed by atoms with Gasteiger partial charge in [-0.3, -0.25) is 9.59 Å². The molecule has 0 aliphatic carbocycles. The number of carbonyl (C=O) groups is 2.